The van der Waals surface area contributed by atoms with E-state index in [1.165, 1.54) is 44.2 Å². The number of nitrogens with one attached hydrogen (secondary N) is 1. The van der Waals surface area contributed by atoms with E-state index < -0.39 is 6.10 Å². The Morgan fingerprint density at radius 2 is 2.14 bits per heavy atom. The highest BCUT2D eigenvalue weighted by atomic mass is 19.1. The lowest BCUT2D eigenvalue weighted by atomic mass is 9.89. The molecule has 4 nitrogen and oxygen atoms in total. The van der Waals surface area contributed by atoms with Crippen LogP contribution in [0.1, 0.15) is 44.1 Å². The Morgan fingerprint density at radius 1 is 1.32 bits per heavy atom. The molecule has 1 aliphatic carbocycles. The van der Waals surface area contributed by atoms with Gasteiger partial charge in [-0.15, -0.1) is 0 Å². The van der Waals surface area contributed by atoms with Gasteiger partial charge in [-0.05, 0) is 30.9 Å². The third kappa shape index (κ3) is 3.64. The maximum Gasteiger partial charge on any atom is 0.264 e. The molecule has 22 heavy (non-hydrogen) atoms. The summed E-state index contributed by atoms with van der Waals surface area (Å²) in [7, 11) is 0. The molecule has 0 radical (unpaired) electrons. The molecule has 0 saturated heterocycles. The Hall–Kier alpha value is -1.91. The normalized spacial score (nSPS) is 22.0. The Kier molecular flexibility index (Phi) is 4.71. The summed E-state index contributed by atoms with van der Waals surface area (Å²) in [6.45, 7) is 0.716. The predicted molar refractivity (Wildman–Crippen MR) is 82.0 cm³/mol. The fourth-order valence-electron chi connectivity index (χ4n) is 3.11. The molecule has 1 aromatic carbocycles. The molecule has 1 amide bonds. The standard InChI is InChI=1S/C17H21FN2O2/c18-14-8-4-7-13(9-14)15-10-16(22-20-15)17(21)19-11-12-5-2-1-3-6-12/h4,7-9,12,16H,1-3,5-6,10-11H2,(H,19,21)/t16-/m1/s1. The minimum atomic E-state index is -0.596. The molecule has 118 valence electrons. The smallest absolute Gasteiger partial charge is 0.264 e. The van der Waals surface area contributed by atoms with Crippen LogP contribution in [0.25, 0.3) is 0 Å². The van der Waals surface area contributed by atoms with Gasteiger partial charge in [-0.3, -0.25) is 4.79 Å². The lowest BCUT2D eigenvalue weighted by molar-refractivity contribution is -0.131. The summed E-state index contributed by atoms with van der Waals surface area (Å²) in [6, 6.07) is 6.19. The lowest BCUT2D eigenvalue weighted by Gasteiger charge is -2.22. The summed E-state index contributed by atoms with van der Waals surface area (Å²) in [5, 5.41) is 6.90. The number of hydrogen-bond acceptors (Lipinski definition) is 3. The number of nitrogens with zero attached hydrogens (tertiary/aromatic N) is 1. The van der Waals surface area contributed by atoms with Gasteiger partial charge in [0.15, 0.2) is 0 Å². The van der Waals surface area contributed by atoms with E-state index in [1.54, 1.807) is 12.1 Å². The van der Waals surface area contributed by atoms with Crippen molar-refractivity contribution in [2.24, 2.45) is 11.1 Å². The molecule has 3 rings (SSSR count). The molecule has 1 aromatic rings. The zero-order valence-electron chi connectivity index (χ0n) is 12.6. The van der Waals surface area contributed by atoms with Crippen LogP contribution in [-0.2, 0) is 9.63 Å². The van der Waals surface area contributed by atoms with Crippen molar-refractivity contribution in [2.75, 3.05) is 6.54 Å². The van der Waals surface area contributed by atoms with Crippen molar-refractivity contribution in [1.29, 1.82) is 0 Å². The van der Waals surface area contributed by atoms with Gasteiger partial charge in [0, 0.05) is 18.5 Å². The first-order valence-electron chi connectivity index (χ1n) is 7.99. The van der Waals surface area contributed by atoms with Crippen molar-refractivity contribution in [3.05, 3.63) is 35.6 Å². The van der Waals surface area contributed by atoms with Gasteiger partial charge in [0.1, 0.15) is 5.82 Å². The van der Waals surface area contributed by atoms with Crippen LogP contribution < -0.4 is 5.32 Å². The fraction of sp³-hybridized carbons (Fsp3) is 0.529. The van der Waals surface area contributed by atoms with E-state index in [0.717, 1.165) is 0 Å². The van der Waals surface area contributed by atoms with Crippen molar-refractivity contribution < 1.29 is 14.0 Å². The molecule has 1 N–H and O–H groups in total. The number of amides is 1. The molecule has 1 atom stereocenters. The zero-order chi connectivity index (χ0) is 15.4. The van der Waals surface area contributed by atoms with E-state index in [9.17, 15) is 9.18 Å². The molecular weight excluding hydrogens is 283 g/mol. The Labute approximate surface area is 129 Å². The highest BCUT2D eigenvalue weighted by Gasteiger charge is 2.29. The zero-order valence-corrected chi connectivity index (χ0v) is 12.6. The molecule has 1 fully saturated rings. The van der Waals surface area contributed by atoms with E-state index >= 15 is 0 Å². The Morgan fingerprint density at radius 3 is 2.91 bits per heavy atom. The second kappa shape index (κ2) is 6.90. The van der Waals surface area contributed by atoms with Crippen LogP contribution >= 0.6 is 0 Å². The number of oxime groups is 1. The fourth-order valence-corrected chi connectivity index (χ4v) is 3.11. The van der Waals surface area contributed by atoms with Crippen LogP contribution in [0.4, 0.5) is 4.39 Å². The maximum absolute atomic E-state index is 13.2. The van der Waals surface area contributed by atoms with Gasteiger partial charge in [0.2, 0.25) is 6.10 Å². The molecule has 0 spiro atoms. The van der Waals surface area contributed by atoms with Gasteiger partial charge in [-0.1, -0.05) is 36.6 Å². The average Bonchev–Trinajstić information content (AvgIpc) is 3.04. The van der Waals surface area contributed by atoms with E-state index in [-0.39, 0.29) is 11.7 Å². The van der Waals surface area contributed by atoms with Crippen LogP contribution in [0.3, 0.4) is 0 Å². The Balaban J connectivity index is 1.49. The van der Waals surface area contributed by atoms with E-state index in [2.05, 4.69) is 10.5 Å². The van der Waals surface area contributed by atoms with Crippen molar-refractivity contribution in [2.45, 2.75) is 44.6 Å². The van der Waals surface area contributed by atoms with E-state index in [1.807, 2.05) is 0 Å². The number of carbonyl (C=O) groups excluding carboxylic acids is 1. The second-order valence-electron chi connectivity index (χ2n) is 6.10. The summed E-state index contributed by atoms with van der Waals surface area (Å²) in [5.74, 6) is 0.147. The van der Waals surface area contributed by atoms with Crippen LogP contribution in [-0.4, -0.2) is 24.3 Å². The van der Waals surface area contributed by atoms with Crippen molar-refractivity contribution in [3.63, 3.8) is 0 Å². The van der Waals surface area contributed by atoms with Crippen molar-refractivity contribution in [3.8, 4) is 0 Å². The molecule has 0 aromatic heterocycles. The largest absolute Gasteiger partial charge is 0.382 e. The molecule has 5 heteroatoms. The van der Waals surface area contributed by atoms with Gasteiger partial charge >= 0.3 is 0 Å². The number of halogens is 1. The summed E-state index contributed by atoms with van der Waals surface area (Å²) in [5.41, 5.74) is 1.29. The first-order chi connectivity index (χ1) is 10.7. The third-order valence-electron chi connectivity index (χ3n) is 4.41. The van der Waals surface area contributed by atoms with Gasteiger partial charge < -0.3 is 10.2 Å². The first kappa shape index (κ1) is 15.0. The van der Waals surface area contributed by atoms with Gasteiger partial charge in [0.25, 0.3) is 5.91 Å². The lowest BCUT2D eigenvalue weighted by Crippen LogP contribution is -2.38. The summed E-state index contributed by atoms with van der Waals surface area (Å²) < 4.78 is 13.2. The maximum atomic E-state index is 13.2. The number of benzene rings is 1. The van der Waals surface area contributed by atoms with Gasteiger partial charge in [-0.25, -0.2) is 4.39 Å². The molecular formula is C17H21FN2O2. The topological polar surface area (TPSA) is 50.7 Å². The van der Waals surface area contributed by atoms with Gasteiger partial charge in [0.05, 0.1) is 5.71 Å². The number of hydrogen-bond donors (Lipinski definition) is 1. The number of carbonyl (C=O) groups is 1. The average molecular weight is 304 g/mol. The summed E-state index contributed by atoms with van der Waals surface area (Å²) in [6.07, 6.45) is 6.00. The minimum Gasteiger partial charge on any atom is -0.382 e. The van der Waals surface area contributed by atoms with Crippen LogP contribution in [0.15, 0.2) is 29.4 Å². The number of rotatable bonds is 4. The predicted octanol–water partition coefficient (Wildman–Crippen LogP) is 3.02. The van der Waals surface area contributed by atoms with Crippen molar-refractivity contribution in [1.82, 2.24) is 5.32 Å². The molecule has 1 heterocycles. The van der Waals surface area contributed by atoms with Crippen LogP contribution in [0, 0.1) is 11.7 Å². The molecule has 1 saturated carbocycles. The molecule has 2 aliphatic rings. The highest BCUT2D eigenvalue weighted by molar-refractivity contribution is 6.04. The summed E-state index contributed by atoms with van der Waals surface area (Å²) in [4.78, 5) is 17.4. The molecule has 0 unspecified atom stereocenters. The van der Waals surface area contributed by atoms with Crippen LogP contribution in [0.2, 0.25) is 0 Å². The van der Waals surface area contributed by atoms with Crippen molar-refractivity contribution >= 4 is 11.6 Å². The second-order valence-corrected chi connectivity index (χ2v) is 6.10. The quantitative estimate of drug-likeness (QED) is 0.929. The monoisotopic (exact) mass is 304 g/mol. The van der Waals surface area contributed by atoms with E-state index in [0.29, 0.717) is 30.2 Å². The summed E-state index contributed by atoms with van der Waals surface area (Å²) >= 11 is 0. The van der Waals surface area contributed by atoms with Gasteiger partial charge in [-0.2, -0.15) is 0 Å². The third-order valence-corrected chi connectivity index (χ3v) is 4.41. The minimum absolute atomic E-state index is 0.124. The Bertz CT molecular complexity index is 568. The van der Waals surface area contributed by atoms with E-state index in [4.69, 9.17) is 4.84 Å². The molecule has 0 bridgehead atoms. The highest BCUT2D eigenvalue weighted by Crippen LogP contribution is 2.23. The molecule has 1 aliphatic heterocycles. The SMILES string of the molecule is O=C(NCC1CCCCC1)[C@H]1CC(c2cccc(F)c2)=NO1. The van der Waals surface area contributed by atoms with Crippen LogP contribution in [0.5, 0.6) is 0 Å². The first-order valence-corrected chi connectivity index (χ1v) is 7.99.